The van der Waals surface area contributed by atoms with Crippen molar-refractivity contribution in [2.45, 2.75) is 45.6 Å². The van der Waals surface area contributed by atoms with Gasteiger partial charge in [-0.15, -0.1) is 0 Å². The number of nitrogens with one attached hydrogen (secondary N) is 1. The molecule has 1 aromatic carbocycles. The Morgan fingerprint density at radius 3 is 2.38 bits per heavy atom. The van der Waals surface area contributed by atoms with E-state index in [1.54, 1.807) is 0 Å². The van der Waals surface area contributed by atoms with E-state index in [2.05, 4.69) is 43.5 Å². The van der Waals surface area contributed by atoms with Crippen molar-refractivity contribution in [2.75, 3.05) is 0 Å². The molecule has 0 bridgehead atoms. The number of nitrogens with two attached hydrogens (primary N) is 1. The summed E-state index contributed by atoms with van der Waals surface area (Å²) >= 11 is 0. The van der Waals surface area contributed by atoms with Gasteiger partial charge in [0.2, 0.25) is 0 Å². The maximum Gasteiger partial charge on any atom is 0.0513 e. The summed E-state index contributed by atoms with van der Waals surface area (Å²) in [6.07, 6.45) is 4.92. The highest BCUT2D eigenvalue weighted by atomic mass is 15.2. The van der Waals surface area contributed by atoms with E-state index in [0.717, 1.165) is 6.42 Å². The molecule has 1 aromatic rings. The molecule has 2 rings (SSSR count). The van der Waals surface area contributed by atoms with Crippen molar-refractivity contribution >= 4 is 0 Å². The summed E-state index contributed by atoms with van der Waals surface area (Å²) in [4.78, 5) is 0. The van der Waals surface area contributed by atoms with Crippen LogP contribution in [-0.4, -0.2) is 0 Å². The third kappa shape index (κ3) is 2.28. The summed E-state index contributed by atoms with van der Waals surface area (Å²) < 4.78 is 0. The lowest BCUT2D eigenvalue weighted by atomic mass is 9.91. The Balaban J connectivity index is 2.13. The van der Waals surface area contributed by atoms with Crippen molar-refractivity contribution in [3.8, 4) is 0 Å². The van der Waals surface area contributed by atoms with Gasteiger partial charge in [-0.25, -0.2) is 0 Å². The van der Waals surface area contributed by atoms with E-state index in [-0.39, 0.29) is 0 Å². The van der Waals surface area contributed by atoms with Crippen LogP contribution in [0.2, 0.25) is 0 Å². The highest BCUT2D eigenvalue weighted by Crippen LogP contribution is 2.54. The molecular weight excluding hydrogens is 196 g/mol. The molecule has 0 heterocycles. The molecule has 0 aliphatic heterocycles. The summed E-state index contributed by atoms with van der Waals surface area (Å²) in [7, 11) is 0. The van der Waals surface area contributed by atoms with Crippen LogP contribution in [-0.2, 0) is 6.42 Å². The van der Waals surface area contributed by atoms with E-state index >= 15 is 0 Å². The minimum absolute atomic E-state index is 0.308. The molecule has 0 spiro atoms. The lowest BCUT2D eigenvalue weighted by molar-refractivity contribution is 0.372. The van der Waals surface area contributed by atoms with E-state index < -0.39 is 0 Å². The minimum Gasteiger partial charge on any atom is -0.271 e. The van der Waals surface area contributed by atoms with Crippen LogP contribution in [0.5, 0.6) is 0 Å². The van der Waals surface area contributed by atoms with Gasteiger partial charge in [0.25, 0.3) is 0 Å². The molecule has 88 valence electrons. The number of hydrogen-bond donors (Lipinski definition) is 2. The van der Waals surface area contributed by atoms with Gasteiger partial charge in [0, 0.05) is 0 Å². The van der Waals surface area contributed by atoms with Crippen LogP contribution in [0, 0.1) is 5.41 Å². The maximum atomic E-state index is 5.68. The smallest absolute Gasteiger partial charge is 0.0513 e. The van der Waals surface area contributed by atoms with Crippen molar-refractivity contribution in [3.63, 3.8) is 0 Å². The van der Waals surface area contributed by atoms with Gasteiger partial charge in [-0.1, -0.05) is 44.5 Å². The molecular formula is C14H22N2. The van der Waals surface area contributed by atoms with Crippen molar-refractivity contribution in [3.05, 3.63) is 35.4 Å². The monoisotopic (exact) mass is 218 g/mol. The Morgan fingerprint density at radius 1 is 1.31 bits per heavy atom. The molecule has 1 atom stereocenters. The molecule has 16 heavy (non-hydrogen) atoms. The van der Waals surface area contributed by atoms with Crippen LogP contribution in [0.1, 0.15) is 50.3 Å². The Hall–Kier alpha value is -0.860. The lowest BCUT2D eigenvalue weighted by Gasteiger charge is -2.23. The van der Waals surface area contributed by atoms with Gasteiger partial charge in [-0.05, 0) is 35.8 Å². The second-order valence-electron chi connectivity index (χ2n) is 5.25. The average molecular weight is 218 g/mol. The summed E-state index contributed by atoms with van der Waals surface area (Å²) in [6, 6.07) is 9.21. The fourth-order valence-corrected chi connectivity index (χ4v) is 2.35. The van der Waals surface area contributed by atoms with Gasteiger partial charge in [0.05, 0.1) is 6.04 Å². The molecule has 1 unspecified atom stereocenters. The first kappa shape index (κ1) is 11.6. The predicted molar refractivity (Wildman–Crippen MR) is 67.8 cm³/mol. The van der Waals surface area contributed by atoms with Crippen LogP contribution in [0.3, 0.4) is 0 Å². The lowest BCUT2D eigenvalue weighted by Crippen LogP contribution is -2.33. The van der Waals surface area contributed by atoms with Crippen LogP contribution in [0.4, 0.5) is 0 Å². The molecule has 1 fully saturated rings. The molecule has 0 amide bonds. The molecule has 0 radical (unpaired) electrons. The molecule has 2 heteroatoms. The van der Waals surface area contributed by atoms with Crippen molar-refractivity contribution in [1.29, 1.82) is 0 Å². The Labute approximate surface area is 98.2 Å². The summed E-state index contributed by atoms with van der Waals surface area (Å²) in [6.45, 7) is 4.51. The van der Waals surface area contributed by atoms with Crippen LogP contribution < -0.4 is 11.3 Å². The Morgan fingerprint density at radius 2 is 1.94 bits per heavy atom. The third-order valence-corrected chi connectivity index (χ3v) is 3.75. The molecule has 0 saturated heterocycles. The first-order chi connectivity index (χ1) is 7.69. The number of aryl methyl sites for hydroxylation is 1. The third-order valence-electron chi connectivity index (χ3n) is 3.75. The van der Waals surface area contributed by atoms with Gasteiger partial charge < -0.3 is 0 Å². The SMILES string of the molecule is CCCc1ccc(C(NN)C2(C)CC2)cc1. The molecule has 1 aliphatic carbocycles. The summed E-state index contributed by atoms with van der Waals surface area (Å²) in [5.41, 5.74) is 6.09. The molecule has 2 nitrogen and oxygen atoms in total. The van der Waals surface area contributed by atoms with Crippen molar-refractivity contribution < 1.29 is 0 Å². The first-order valence-corrected chi connectivity index (χ1v) is 6.24. The highest BCUT2D eigenvalue weighted by molar-refractivity contribution is 5.27. The van der Waals surface area contributed by atoms with E-state index in [0.29, 0.717) is 11.5 Å². The number of rotatable bonds is 5. The second kappa shape index (κ2) is 4.56. The Bertz CT molecular complexity index is 338. The number of benzene rings is 1. The maximum absolute atomic E-state index is 5.68. The fourth-order valence-electron chi connectivity index (χ4n) is 2.35. The zero-order valence-corrected chi connectivity index (χ0v) is 10.3. The Kier molecular flexibility index (Phi) is 3.31. The summed E-state index contributed by atoms with van der Waals surface area (Å²) in [5, 5.41) is 0. The van der Waals surface area contributed by atoms with E-state index in [1.165, 1.54) is 30.4 Å². The van der Waals surface area contributed by atoms with Crippen LogP contribution >= 0.6 is 0 Å². The van der Waals surface area contributed by atoms with Gasteiger partial charge in [0.15, 0.2) is 0 Å². The van der Waals surface area contributed by atoms with Crippen molar-refractivity contribution in [2.24, 2.45) is 11.3 Å². The highest BCUT2D eigenvalue weighted by Gasteiger charge is 2.45. The average Bonchev–Trinajstić information content (AvgIpc) is 3.01. The largest absolute Gasteiger partial charge is 0.271 e. The van der Waals surface area contributed by atoms with E-state index in [1.807, 2.05) is 0 Å². The van der Waals surface area contributed by atoms with E-state index in [9.17, 15) is 0 Å². The normalized spacial score (nSPS) is 19.4. The second-order valence-corrected chi connectivity index (χ2v) is 5.25. The topological polar surface area (TPSA) is 38.0 Å². The van der Waals surface area contributed by atoms with E-state index in [4.69, 9.17) is 5.84 Å². The minimum atomic E-state index is 0.308. The number of hydrazine groups is 1. The van der Waals surface area contributed by atoms with Gasteiger partial charge in [-0.2, -0.15) is 0 Å². The standard InChI is InChI=1S/C14H22N2/c1-3-4-11-5-7-12(8-6-11)13(16-15)14(2)9-10-14/h5-8,13,16H,3-4,9-10,15H2,1-2H3. The fraction of sp³-hybridized carbons (Fsp3) is 0.571. The van der Waals surface area contributed by atoms with Crippen LogP contribution in [0.15, 0.2) is 24.3 Å². The summed E-state index contributed by atoms with van der Waals surface area (Å²) in [5.74, 6) is 5.68. The predicted octanol–water partition coefficient (Wildman–Crippen LogP) is 2.94. The number of hydrogen-bond acceptors (Lipinski definition) is 2. The molecule has 0 aromatic heterocycles. The quantitative estimate of drug-likeness (QED) is 0.589. The van der Waals surface area contributed by atoms with Crippen molar-refractivity contribution in [1.82, 2.24) is 5.43 Å². The van der Waals surface area contributed by atoms with Gasteiger partial charge in [0.1, 0.15) is 0 Å². The molecule has 1 saturated carbocycles. The zero-order valence-electron chi connectivity index (χ0n) is 10.3. The zero-order chi connectivity index (χ0) is 11.6. The van der Waals surface area contributed by atoms with Gasteiger partial charge >= 0.3 is 0 Å². The molecule has 1 aliphatic rings. The van der Waals surface area contributed by atoms with Gasteiger partial charge in [-0.3, -0.25) is 11.3 Å². The molecule has 3 N–H and O–H groups in total. The first-order valence-electron chi connectivity index (χ1n) is 6.24. The van der Waals surface area contributed by atoms with Crippen LogP contribution in [0.25, 0.3) is 0 Å².